The number of anilines is 1. The summed E-state index contributed by atoms with van der Waals surface area (Å²) in [4.78, 5) is 53.4. The SMILES string of the molecule is COC[C@@H]1C[C@H]2CO[P+]([O-])(O)O[P+]([O-])(O)OC[C@H]3O[C@H]([C@H](O)[C@@H]3O)n3cnc4c(N)[n+](cnc43)[C@@H]1C2. The topological polar surface area (TPSA) is 234 Å². The van der Waals surface area contributed by atoms with Gasteiger partial charge in [0.05, 0.1) is 12.6 Å². The monoisotopic (exact) mass is 552 g/mol. The number of nitrogens with two attached hydrogens (primary N) is 1. The third kappa shape index (κ3) is 4.95. The predicted molar refractivity (Wildman–Crippen MR) is 116 cm³/mol. The van der Waals surface area contributed by atoms with Crippen LogP contribution in [0.2, 0.25) is 0 Å². The maximum absolute atomic E-state index is 12.4. The number of fused-ring (bicyclic) bond motifs is 7. The molecule has 5 heterocycles. The van der Waals surface area contributed by atoms with E-state index in [1.807, 2.05) is 0 Å². The Bertz CT molecular complexity index is 1110. The summed E-state index contributed by atoms with van der Waals surface area (Å²) in [5.41, 5.74) is 7.11. The van der Waals surface area contributed by atoms with E-state index in [4.69, 9.17) is 24.3 Å². The van der Waals surface area contributed by atoms with Crippen LogP contribution in [0.15, 0.2) is 12.7 Å². The largest absolute Gasteiger partial charge is 0.603 e. The van der Waals surface area contributed by atoms with E-state index in [-0.39, 0.29) is 24.5 Å². The van der Waals surface area contributed by atoms with Gasteiger partial charge in [0.15, 0.2) is 11.7 Å². The van der Waals surface area contributed by atoms with E-state index in [0.29, 0.717) is 36.4 Å². The summed E-state index contributed by atoms with van der Waals surface area (Å²) in [7, 11) is -8.54. The fourth-order valence-corrected chi connectivity index (χ4v) is 7.30. The molecule has 3 aliphatic heterocycles. The second-order valence-electron chi connectivity index (χ2n) is 9.14. The number of rotatable bonds is 2. The first-order chi connectivity index (χ1) is 17.0. The number of nitrogens with zero attached hydrogens (tertiary/aromatic N) is 4. The van der Waals surface area contributed by atoms with Gasteiger partial charge in [-0.15, -0.1) is 0 Å². The minimum atomic E-state index is -5.10. The van der Waals surface area contributed by atoms with Gasteiger partial charge in [-0.05, 0) is 18.8 Å². The fourth-order valence-electron chi connectivity index (χ4n) is 5.14. The number of hydrogen-bond acceptors (Lipinski definition) is 14. The molecular weight excluding hydrogens is 524 g/mol. The lowest BCUT2D eigenvalue weighted by Gasteiger charge is -2.25. The minimum absolute atomic E-state index is 0.0542. The van der Waals surface area contributed by atoms with Crippen molar-refractivity contribution in [2.75, 3.05) is 32.7 Å². The molecule has 2 unspecified atom stereocenters. The van der Waals surface area contributed by atoms with Gasteiger partial charge < -0.3 is 35.2 Å². The molecule has 2 fully saturated rings. The van der Waals surface area contributed by atoms with Crippen molar-refractivity contribution in [1.29, 1.82) is 0 Å². The van der Waals surface area contributed by atoms with Gasteiger partial charge in [-0.1, -0.05) is 4.98 Å². The minimum Gasteiger partial charge on any atom is -0.603 e. The van der Waals surface area contributed by atoms with Crippen molar-refractivity contribution >= 4 is 33.3 Å². The zero-order valence-corrected chi connectivity index (χ0v) is 20.9. The van der Waals surface area contributed by atoms with Crippen LogP contribution in [-0.2, 0) is 22.8 Å². The summed E-state index contributed by atoms with van der Waals surface area (Å²) in [5, 5.41) is 21.0. The van der Waals surface area contributed by atoms with Crippen LogP contribution in [0.4, 0.5) is 5.82 Å². The van der Waals surface area contributed by atoms with E-state index in [9.17, 15) is 29.8 Å². The van der Waals surface area contributed by atoms with Crippen LogP contribution >= 0.6 is 16.3 Å². The van der Waals surface area contributed by atoms with Gasteiger partial charge in [-0.25, -0.2) is 9.55 Å². The first-order valence-electron chi connectivity index (χ1n) is 11.2. The Morgan fingerprint density at radius 1 is 1.17 bits per heavy atom. The fraction of sp³-hybridized carbons (Fsp3) is 0.722. The third-order valence-electron chi connectivity index (χ3n) is 6.78. The summed E-state index contributed by atoms with van der Waals surface area (Å²) in [6.07, 6.45) is -1.57. The Kier molecular flexibility index (Phi) is 7.20. The number of aliphatic hydroxyl groups excluding tert-OH is 2. The van der Waals surface area contributed by atoms with Gasteiger partial charge in [-0.2, -0.15) is 18.8 Å². The Balaban J connectivity index is 1.55. The number of phosphoric ester groups is 2. The molecule has 0 radical (unpaired) electrons. The Morgan fingerprint density at radius 3 is 2.61 bits per heavy atom. The van der Waals surface area contributed by atoms with Crippen molar-refractivity contribution in [3.05, 3.63) is 12.7 Å². The van der Waals surface area contributed by atoms with Crippen molar-refractivity contribution in [3.63, 3.8) is 0 Å². The number of nitrogen functional groups attached to an aromatic ring is 1. The molecule has 0 aromatic carbocycles. The highest BCUT2D eigenvalue weighted by molar-refractivity contribution is 7.66. The van der Waals surface area contributed by atoms with Crippen LogP contribution in [0, 0.1) is 11.8 Å². The molecule has 4 aliphatic rings. The zero-order chi connectivity index (χ0) is 25.8. The van der Waals surface area contributed by atoms with Crippen molar-refractivity contribution in [1.82, 2.24) is 14.5 Å². The van der Waals surface area contributed by atoms with Crippen molar-refractivity contribution in [2.45, 2.75) is 43.4 Å². The molecule has 1 saturated carbocycles. The molecule has 200 valence electrons. The molecular formula is C18H28N5O11P2+. The number of methoxy groups -OCH3 is 1. The third-order valence-corrected chi connectivity index (χ3v) is 9.38. The Labute approximate surface area is 206 Å². The Hall–Kier alpha value is -1.23. The highest BCUT2D eigenvalue weighted by Crippen LogP contribution is 2.65. The van der Waals surface area contributed by atoms with Crippen LogP contribution in [0.3, 0.4) is 0 Å². The summed E-state index contributed by atoms with van der Waals surface area (Å²) in [5.74, 6) is 0.0196. The lowest BCUT2D eigenvalue weighted by atomic mass is 10.0. The highest BCUT2D eigenvalue weighted by atomic mass is 31.3. The highest BCUT2D eigenvalue weighted by Gasteiger charge is 2.51. The van der Waals surface area contributed by atoms with Crippen molar-refractivity contribution in [2.24, 2.45) is 11.8 Å². The van der Waals surface area contributed by atoms with E-state index < -0.39 is 47.5 Å². The normalized spacial score (nSPS) is 41.7. The second kappa shape index (κ2) is 9.82. The van der Waals surface area contributed by atoms with Crippen LogP contribution in [0.25, 0.3) is 11.2 Å². The molecule has 2 aromatic heterocycles. The van der Waals surface area contributed by atoms with Crippen LogP contribution in [-0.4, -0.2) is 79.8 Å². The van der Waals surface area contributed by atoms with E-state index in [2.05, 4.69) is 14.3 Å². The number of aliphatic hydroxyl groups is 2. The van der Waals surface area contributed by atoms with Gasteiger partial charge in [0.1, 0.15) is 37.9 Å². The first-order valence-corrected chi connectivity index (χ1v) is 14.2. The molecule has 36 heavy (non-hydrogen) atoms. The second-order valence-corrected chi connectivity index (χ2v) is 12.2. The average molecular weight is 552 g/mol. The molecule has 9 atom stereocenters. The van der Waals surface area contributed by atoms with Crippen molar-refractivity contribution in [3.8, 4) is 0 Å². The van der Waals surface area contributed by atoms with E-state index in [0.717, 1.165) is 0 Å². The molecule has 0 spiro atoms. The Morgan fingerprint density at radius 2 is 1.89 bits per heavy atom. The zero-order valence-electron chi connectivity index (χ0n) is 19.1. The molecule has 6 N–H and O–H groups in total. The van der Waals surface area contributed by atoms with Gasteiger partial charge in [0.2, 0.25) is 12.0 Å². The van der Waals surface area contributed by atoms with Crippen LogP contribution in [0.1, 0.15) is 25.1 Å². The van der Waals surface area contributed by atoms with E-state index >= 15 is 0 Å². The van der Waals surface area contributed by atoms with E-state index in [1.54, 1.807) is 11.7 Å². The summed E-state index contributed by atoms with van der Waals surface area (Å²) in [6.45, 7) is -0.615. The average Bonchev–Trinajstić information content (AvgIpc) is 3.48. The van der Waals surface area contributed by atoms with Gasteiger partial charge in [0.25, 0.3) is 5.82 Å². The van der Waals surface area contributed by atoms with Gasteiger partial charge in [-0.3, -0.25) is 4.57 Å². The summed E-state index contributed by atoms with van der Waals surface area (Å²) in [6, 6.07) is -0.217. The molecule has 18 heteroatoms. The molecule has 16 nitrogen and oxygen atoms in total. The van der Waals surface area contributed by atoms with E-state index in [1.165, 1.54) is 17.2 Å². The molecule has 1 saturated heterocycles. The molecule has 6 rings (SSSR count). The molecule has 0 amide bonds. The summed E-state index contributed by atoms with van der Waals surface area (Å²) < 4.78 is 28.3. The first kappa shape index (κ1) is 26.4. The lowest BCUT2D eigenvalue weighted by molar-refractivity contribution is -0.716. The quantitative estimate of drug-likeness (QED) is 0.188. The molecule has 2 aromatic rings. The number of phosphoric acid groups is 2. The number of ether oxygens (including phenoxy) is 2. The standard InChI is InChI=1S/C18H27N5O11P2/c1-30-5-10-2-9-3-11(10)22-8-21-17-13(16(22)19)20-7-23(17)18-15(25)14(24)12(33-18)6-32-36(28,29)34-35(26,27)31-4-9/h7-12,14-15,18-19,24-25H,2-6H2,1H3,(H2,26,27,28,29)/p+1/t9-,10+,11-,12-,14-,15-,18-/m1/s1. The van der Waals surface area contributed by atoms with Gasteiger partial charge in [0, 0.05) is 17.3 Å². The van der Waals surface area contributed by atoms with Crippen LogP contribution in [0.5, 0.6) is 0 Å². The smallest absolute Gasteiger partial charge is 0.434 e. The van der Waals surface area contributed by atoms with Crippen molar-refractivity contribution < 1.29 is 57.2 Å². The predicted octanol–water partition coefficient (Wildman–Crippen LogP) is -2.74. The lowest BCUT2D eigenvalue weighted by Crippen LogP contribution is -2.45. The van der Waals surface area contributed by atoms with Gasteiger partial charge >= 0.3 is 16.3 Å². The number of imidazole rings is 1. The maximum atomic E-state index is 12.4. The van der Waals surface area contributed by atoms with Crippen LogP contribution < -0.4 is 20.1 Å². The number of aromatic nitrogens is 4. The maximum Gasteiger partial charge on any atom is 0.434 e. The molecule has 8 bridgehead atoms. The summed E-state index contributed by atoms with van der Waals surface area (Å²) >= 11 is 0. The number of hydrogen-bond donors (Lipinski definition) is 5. The molecule has 1 aliphatic carbocycles.